The normalized spacial score (nSPS) is 19.6. The number of aryl methyl sites for hydroxylation is 2. The Kier molecular flexibility index (Phi) is 7.21. The number of amides is 1. The topological polar surface area (TPSA) is 134 Å². The number of pyridine rings is 1. The lowest BCUT2D eigenvalue weighted by molar-refractivity contribution is -0.386. The third kappa shape index (κ3) is 5.23. The zero-order valence-corrected chi connectivity index (χ0v) is 26.0. The first-order chi connectivity index (χ1) is 22.0. The van der Waals surface area contributed by atoms with Crippen molar-refractivity contribution in [1.29, 1.82) is 0 Å². The van der Waals surface area contributed by atoms with E-state index >= 15 is 0 Å². The van der Waals surface area contributed by atoms with Crippen LogP contribution in [-0.2, 0) is 24.2 Å². The van der Waals surface area contributed by atoms with Crippen molar-refractivity contribution in [2.45, 2.75) is 64.5 Å². The van der Waals surface area contributed by atoms with E-state index in [-0.39, 0.29) is 24.3 Å². The van der Waals surface area contributed by atoms with Crippen molar-refractivity contribution in [3.8, 4) is 11.5 Å². The summed E-state index contributed by atoms with van der Waals surface area (Å²) < 4.78 is 20.1. The van der Waals surface area contributed by atoms with Crippen LogP contribution in [0.2, 0.25) is 0 Å². The summed E-state index contributed by atoms with van der Waals surface area (Å²) in [6.45, 7) is 6.79. The van der Waals surface area contributed by atoms with E-state index in [9.17, 15) is 24.5 Å². The third-order valence-corrected chi connectivity index (χ3v) is 9.65. The predicted molar refractivity (Wildman–Crippen MR) is 170 cm³/mol. The summed E-state index contributed by atoms with van der Waals surface area (Å²) in [6, 6.07) is 14.4. The van der Waals surface area contributed by atoms with Gasteiger partial charge in [-0.2, -0.15) is 0 Å². The summed E-state index contributed by atoms with van der Waals surface area (Å²) in [6.07, 6.45) is 2.62. The number of fused-ring (bicyclic) bond motifs is 7. The van der Waals surface area contributed by atoms with Crippen LogP contribution in [0.3, 0.4) is 0 Å². The summed E-state index contributed by atoms with van der Waals surface area (Å²) in [5.74, 6) is 0.665. The van der Waals surface area contributed by atoms with E-state index in [0.717, 1.165) is 29.5 Å². The molecular formula is C35H35N3O8. The van der Waals surface area contributed by atoms with Crippen molar-refractivity contribution in [1.82, 2.24) is 9.47 Å². The van der Waals surface area contributed by atoms with Gasteiger partial charge in [0.25, 0.3) is 5.91 Å². The molecule has 46 heavy (non-hydrogen) atoms. The predicted octanol–water partition coefficient (Wildman–Crippen LogP) is 4.89. The second kappa shape index (κ2) is 11.1. The van der Waals surface area contributed by atoms with Gasteiger partial charge < -0.3 is 23.4 Å². The fourth-order valence-electron chi connectivity index (χ4n) is 7.31. The zero-order valence-electron chi connectivity index (χ0n) is 26.0. The Balaban J connectivity index is 1.19. The number of carbonyl (C=O) groups excluding carboxylic acids is 1. The average Bonchev–Trinajstić information content (AvgIpc) is 3.01. The van der Waals surface area contributed by atoms with Crippen molar-refractivity contribution in [3.63, 3.8) is 0 Å². The van der Waals surface area contributed by atoms with Gasteiger partial charge in [0.1, 0.15) is 22.7 Å². The summed E-state index contributed by atoms with van der Waals surface area (Å²) in [4.78, 5) is 52.2. The maximum absolute atomic E-state index is 13.6. The van der Waals surface area contributed by atoms with Crippen LogP contribution in [0.1, 0.15) is 60.6 Å². The number of benzene rings is 2. The number of rotatable bonds is 6. The summed E-state index contributed by atoms with van der Waals surface area (Å²) in [7, 11) is 0. The lowest BCUT2D eigenvalue weighted by atomic mass is 9.83. The fraction of sp³-hybridized carbons (Fsp3) is 0.400. The highest BCUT2D eigenvalue weighted by molar-refractivity contribution is 5.92. The second-order valence-electron chi connectivity index (χ2n) is 13.3. The molecule has 1 saturated heterocycles. The number of nitro groups is 1. The number of hydrogen-bond donors (Lipinski definition) is 0. The molecule has 4 aromatic rings. The van der Waals surface area contributed by atoms with E-state index < -0.39 is 27.4 Å². The second-order valence-corrected chi connectivity index (χ2v) is 13.3. The van der Waals surface area contributed by atoms with Crippen molar-refractivity contribution >= 4 is 22.6 Å². The van der Waals surface area contributed by atoms with E-state index in [1.807, 2.05) is 57.2 Å². The number of piperidine rings is 1. The molecule has 3 aliphatic rings. The largest absolute Gasteiger partial charge is 0.487 e. The minimum Gasteiger partial charge on any atom is -0.487 e. The van der Waals surface area contributed by atoms with Crippen LogP contribution in [0, 0.1) is 23.0 Å². The highest BCUT2D eigenvalue weighted by Gasteiger charge is 2.38. The lowest BCUT2D eigenvalue weighted by Gasteiger charge is -2.42. The SMILES string of the molecule is Cc1c(Cc2ccccc2)c(=O)oc2c3c(cc(OCC(=O)N4C[C@@H]5C[C@H](C4)c4ccc([N+](=O)[O-])c(=O)n4C5)c12)OC(C)(C)CC3. The minimum absolute atomic E-state index is 0.00725. The first-order valence-electron chi connectivity index (χ1n) is 15.6. The molecule has 11 nitrogen and oxygen atoms in total. The number of likely N-dealkylation sites (tertiary alicyclic amines) is 1. The molecule has 0 N–H and O–H groups in total. The Morgan fingerprint density at radius 1 is 1.11 bits per heavy atom. The van der Waals surface area contributed by atoms with Gasteiger partial charge in [-0.05, 0) is 63.1 Å². The van der Waals surface area contributed by atoms with Gasteiger partial charge in [0.2, 0.25) is 0 Å². The van der Waals surface area contributed by atoms with Gasteiger partial charge in [0, 0.05) is 60.9 Å². The zero-order chi connectivity index (χ0) is 32.3. The standard InChI is InChI=1S/C35H35N3O8/c1-20-25(14-21-7-5-4-6-8-21)34(41)45-32-24-11-12-35(2,3)46-28(24)15-29(31(20)32)44-19-30(39)36-16-22-13-23(18-36)26-9-10-27(38(42)43)33(40)37(26)17-22/h4-10,15,22-23H,11-14,16-19H2,1-3H3/t22-,23+/m0/s1. The van der Waals surface area contributed by atoms with Crippen LogP contribution < -0.4 is 20.7 Å². The molecule has 0 radical (unpaired) electrons. The number of aromatic nitrogens is 1. The summed E-state index contributed by atoms with van der Waals surface area (Å²) in [5.41, 5.74) is 2.36. The Morgan fingerprint density at radius 3 is 2.65 bits per heavy atom. The van der Waals surface area contributed by atoms with E-state index in [1.165, 1.54) is 10.6 Å². The molecule has 3 aliphatic heterocycles. The van der Waals surface area contributed by atoms with Crippen molar-refractivity contribution in [2.75, 3.05) is 19.7 Å². The number of hydrogen-bond acceptors (Lipinski definition) is 8. The molecule has 11 heteroatoms. The van der Waals surface area contributed by atoms with Crippen LogP contribution in [0.4, 0.5) is 5.69 Å². The van der Waals surface area contributed by atoms with Gasteiger partial charge in [-0.3, -0.25) is 19.7 Å². The van der Waals surface area contributed by atoms with E-state index in [1.54, 1.807) is 11.0 Å². The molecule has 1 fully saturated rings. The van der Waals surface area contributed by atoms with Gasteiger partial charge in [0.05, 0.1) is 10.3 Å². The van der Waals surface area contributed by atoms with Crippen LogP contribution in [0.15, 0.2) is 62.5 Å². The molecule has 0 unspecified atom stereocenters. The van der Waals surface area contributed by atoms with E-state index in [0.29, 0.717) is 66.2 Å². The van der Waals surface area contributed by atoms with Crippen molar-refractivity contribution in [2.24, 2.45) is 5.92 Å². The number of ether oxygens (including phenoxy) is 2. The molecule has 2 bridgehead atoms. The van der Waals surface area contributed by atoms with E-state index in [4.69, 9.17) is 13.9 Å². The van der Waals surface area contributed by atoms with Gasteiger partial charge in [-0.15, -0.1) is 0 Å². The van der Waals surface area contributed by atoms with Crippen LogP contribution >= 0.6 is 0 Å². The highest BCUT2D eigenvalue weighted by atomic mass is 16.6. The molecule has 0 aliphatic carbocycles. The van der Waals surface area contributed by atoms with E-state index in [2.05, 4.69) is 0 Å². The Morgan fingerprint density at radius 2 is 1.89 bits per heavy atom. The monoisotopic (exact) mass is 625 g/mol. The van der Waals surface area contributed by atoms with Gasteiger partial charge in [-0.1, -0.05) is 30.3 Å². The third-order valence-electron chi connectivity index (χ3n) is 9.65. The molecule has 0 spiro atoms. The van der Waals surface area contributed by atoms with Crippen molar-refractivity contribution < 1.29 is 23.6 Å². The lowest BCUT2D eigenvalue weighted by Crippen LogP contribution is -2.50. The van der Waals surface area contributed by atoms with Gasteiger partial charge in [-0.25, -0.2) is 4.79 Å². The molecular weight excluding hydrogens is 590 g/mol. The average molecular weight is 626 g/mol. The van der Waals surface area contributed by atoms with Gasteiger partial charge in [0.15, 0.2) is 6.61 Å². The first-order valence-corrected chi connectivity index (χ1v) is 15.6. The molecule has 0 saturated carbocycles. The Labute approximate surface area is 264 Å². The highest BCUT2D eigenvalue weighted by Crippen LogP contribution is 2.43. The van der Waals surface area contributed by atoms with Crippen LogP contribution in [0.5, 0.6) is 11.5 Å². The number of nitrogens with zero attached hydrogens (tertiary/aromatic N) is 3. The molecule has 5 heterocycles. The maximum atomic E-state index is 13.6. The Hall–Kier alpha value is -4.93. The van der Waals surface area contributed by atoms with Crippen LogP contribution in [0.25, 0.3) is 11.0 Å². The minimum atomic E-state index is -0.652. The number of carbonyl (C=O) groups is 1. The smallest absolute Gasteiger partial charge is 0.340 e. The quantitative estimate of drug-likeness (QED) is 0.168. The van der Waals surface area contributed by atoms with Crippen LogP contribution in [-0.4, -0.2) is 45.6 Å². The molecule has 2 atom stereocenters. The van der Waals surface area contributed by atoms with Gasteiger partial charge >= 0.3 is 16.9 Å². The maximum Gasteiger partial charge on any atom is 0.340 e. The summed E-state index contributed by atoms with van der Waals surface area (Å²) >= 11 is 0. The first kappa shape index (κ1) is 29.8. The van der Waals surface area contributed by atoms with Crippen molar-refractivity contribution in [3.05, 3.63) is 107 Å². The fourth-order valence-corrected chi connectivity index (χ4v) is 7.31. The molecule has 238 valence electrons. The summed E-state index contributed by atoms with van der Waals surface area (Å²) in [5, 5.41) is 12.0. The Bertz CT molecular complexity index is 2010. The molecule has 2 aromatic heterocycles. The molecule has 1 amide bonds. The molecule has 7 rings (SSSR count). The molecule has 2 aromatic carbocycles.